The van der Waals surface area contributed by atoms with Crippen LogP contribution in [0.2, 0.25) is 0 Å². The number of hydrazone groups is 1. The maximum Gasteiger partial charge on any atom is 0.573 e. The van der Waals surface area contributed by atoms with Crippen molar-refractivity contribution in [2.45, 2.75) is 38.3 Å². The highest BCUT2D eigenvalue weighted by molar-refractivity contribution is 6.17. The number of nitrogens with zero attached hydrogens (tertiary/aromatic N) is 2. The summed E-state index contributed by atoms with van der Waals surface area (Å²) in [5.74, 6) is -0.528. The molecule has 2 atom stereocenters. The molecule has 1 aliphatic heterocycles. The van der Waals surface area contributed by atoms with Crippen LogP contribution in [0, 0.1) is 12.7 Å². The summed E-state index contributed by atoms with van der Waals surface area (Å²) in [5.41, 5.74) is 4.61. The van der Waals surface area contributed by atoms with Crippen molar-refractivity contribution in [2.75, 3.05) is 13.0 Å². The van der Waals surface area contributed by atoms with Gasteiger partial charge in [0.2, 0.25) is 12.1 Å². The average molecular weight is 528 g/mol. The molecule has 1 aromatic heterocycles. The minimum Gasteiger partial charge on any atom is -0.496 e. The van der Waals surface area contributed by atoms with Crippen LogP contribution in [0.3, 0.4) is 0 Å². The van der Waals surface area contributed by atoms with E-state index in [9.17, 15) is 17.6 Å². The number of halogens is 5. The molecule has 0 saturated heterocycles. The third kappa shape index (κ3) is 5.84. The predicted molar refractivity (Wildman–Crippen MR) is 123 cm³/mol. The molecule has 2 aromatic carbocycles. The van der Waals surface area contributed by atoms with Crippen LogP contribution in [0.4, 0.5) is 17.6 Å². The molecular formula is C24H22ClF4N3O4. The third-order valence-electron chi connectivity index (χ3n) is 5.45. The van der Waals surface area contributed by atoms with Crippen molar-refractivity contribution in [1.29, 1.82) is 0 Å². The molecule has 2 heterocycles. The summed E-state index contributed by atoms with van der Waals surface area (Å²) in [6.45, 7) is 1.74. The van der Waals surface area contributed by atoms with Crippen molar-refractivity contribution >= 4 is 17.5 Å². The molecule has 1 aliphatic rings. The van der Waals surface area contributed by atoms with E-state index in [1.54, 1.807) is 31.3 Å². The summed E-state index contributed by atoms with van der Waals surface area (Å²) in [4.78, 5) is 4.10. The molecule has 2 unspecified atom stereocenters. The molecule has 3 aromatic rings. The van der Waals surface area contributed by atoms with Crippen molar-refractivity contribution < 1.29 is 36.2 Å². The van der Waals surface area contributed by atoms with Crippen molar-refractivity contribution in [2.24, 2.45) is 5.10 Å². The molecule has 0 amide bonds. The zero-order valence-corrected chi connectivity index (χ0v) is 20.0. The Morgan fingerprint density at radius 2 is 1.97 bits per heavy atom. The summed E-state index contributed by atoms with van der Waals surface area (Å²) >= 11 is 5.85. The van der Waals surface area contributed by atoms with Crippen LogP contribution in [-0.2, 0) is 4.74 Å². The van der Waals surface area contributed by atoms with Gasteiger partial charge in [-0.05, 0) is 42.7 Å². The SMILES string of the molecule is COc1cc(C2NN=C(C(CCCCl)c3ccc(F)c(OC(F)(F)F)c3)O2)ccc1-c1cnc(C)o1. The molecule has 7 nitrogen and oxygen atoms in total. The molecule has 0 aliphatic carbocycles. The first-order valence-electron chi connectivity index (χ1n) is 10.9. The number of nitrogens with one attached hydrogen (secondary N) is 1. The smallest absolute Gasteiger partial charge is 0.496 e. The van der Waals surface area contributed by atoms with Crippen molar-refractivity contribution in [3.8, 4) is 22.8 Å². The number of aromatic nitrogens is 1. The zero-order chi connectivity index (χ0) is 25.9. The topological polar surface area (TPSA) is 78.1 Å². The van der Waals surface area contributed by atoms with Crippen LogP contribution in [0.5, 0.6) is 11.5 Å². The van der Waals surface area contributed by atoms with E-state index in [2.05, 4.69) is 20.2 Å². The Hall–Kier alpha value is -3.47. The van der Waals surface area contributed by atoms with E-state index in [1.165, 1.54) is 13.2 Å². The van der Waals surface area contributed by atoms with E-state index < -0.39 is 30.1 Å². The fraction of sp³-hybridized carbons (Fsp3) is 0.333. The second kappa shape index (κ2) is 10.7. The Labute approximate surface area is 209 Å². The van der Waals surface area contributed by atoms with Crippen LogP contribution in [0.15, 0.2) is 52.1 Å². The highest BCUT2D eigenvalue weighted by Crippen LogP contribution is 2.37. The van der Waals surface area contributed by atoms with E-state index in [0.717, 1.165) is 12.1 Å². The van der Waals surface area contributed by atoms with E-state index in [-0.39, 0.29) is 5.90 Å². The molecular weight excluding hydrogens is 506 g/mol. The number of methoxy groups -OCH3 is 1. The lowest BCUT2D eigenvalue weighted by atomic mass is 9.94. The zero-order valence-electron chi connectivity index (χ0n) is 19.2. The Balaban J connectivity index is 1.57. The molecule has 4 rings (SSSR count). The number of hydrogen-bond acceptors (Lipinski definition) is 7. The van der Waals surface area contributed by atoms with Gasteiger partial charge in [0, 0.05) is 18.4 Å². The molecule has 0 bridgehead atoms. The van der Waals surface area contributed by atoms with Gasteiger partial charge in [-0.3, -0.25) is 5.43 Å². The van der Waals surface area contributed by atoms with Gasteiger partial charge >= 0.3 is 6.36 Å². The molecule has 36 heavy (non-hydrogen) atoms. The number of oxazole rings is 1. The molecule has 0 fully saturated rings. The maximum atomic E-state index is 14.0. The number of benzene rings is 2. The number of hydrogen-bond donors (Lipinski definition) is 1. The number of ether oxygens (including phenoxy) is 3. The first-order valence-corrected chi connectivity index (χ1v) is 11.4. The Kier molecular flexibility index (Phi) is 7.58. The first-order chi connectivity index (χ1) is 17.2. The number of alkyl halides is 4. The van der Waals surface area contributed by atoms with Gasteiger partial charge < -0.3 is 18.6 Å². The normalized spacial score (nSPS) is 16.2. The van der Waals surface area contributed by atoms with Gasteiger partial charge in [-0.15, -0.1) is 29.9 Å². The summed E-state index contributed by atoms with van der Waals surface area (Å²) < 4.78 is 73.0. The summed E-state index contributed by atoms with van der Waals surface area (Å²) in [6.07, 6.45) is -3.20. The summed E-state index contributed by atoms with van der Waals surface area (Å²) in [6, 6.07) is 8.63. The Bertz CT molecular complexity index is 1250. The fourth-order valence-corrected chi connectivity index (χ4v) is 3.97. The minimum absolute atomic E-state index is 0.226. The summed E-state index contributed by atoms with van der Waals surface area (Å²) in [7, 11) is 1.52. The highest BCUT2D eigenvalue weighted by atomic mass is 35.5. The van der Waals surface area contributed by atoms with Crippen LogP contribution in [-0.4, -0.2) is 30.2 Å². The average Bonchev–Trinajstić information content (AvgIpc) is 3.49. The van der Waals surface area contributed by atoms with E-state index in [4.69, 9.17) is 25.5 Å². The van der Waals surface area contributed by atoms with Crippen LogP contribution in [0.1, 0.15) is 42.0 Å². The van der Waals surface area contributed by atoms with E-state index in [1.807, 2.05) is 0 Å². The van der Waals surface area contributed by atoms with Gasteiger partial charge in [0.05, 0.1) is 24.8 Å². The maximum absolute atomic E-state index is 14.0. The largest absolute Gasteiger partial charge is 0.573 e. The van der Waals surface area contributed by atoms with Crippen molar-refractivity contribution in [1.82, 2.24) is 10.4 Å². The van der Waals surface area contributed by atoms with Crippen LogP contribution >= 0.6 is 11.6 Å². The van der Waals surface area contributed by atoms with Gasteiger partial charge in [0.1, 0.15) is 5.75 Å². The second-order valence-electron chi connectivity index (χ2n) is 7.90. The minimum atomic E-state index is -5.03. The standard InChI is InChI=1S/C24H22ClF4N3O4/c1-13-30-12-21(34-13)17-7-5-15(11-19(17)33-2)22-31-32-23(35-22)16(4-3-9-25)14-6-8-18(26)20(10-14)36-24(27,28)29/h5-8,10-12,16,22,31H,3-4,9H2,1-2H3. The fourth-order valence-electron chi connectivity index (χ4n) is 3.81. The molecule has 192 valence electrons. The predicted octanol–water partition coefficient (Wildman–Crippen LogP) is 6.43. The van der Waals surface area contributed by atoms with Gasteiger partial charge in [-0.2, -0.15) is 0 Å². The first kappa shape index (κ1) is 25.6. The number of rotatable bonds is 9. The van der Waals surface area contributed by atoms with Gasteiger partial charge in [-0.25, -0.2) is 9.37 Å². The third-order valence-corrected chi connectivity index (χ3v) is 5.72. The van der Waals surface area contributed by atoms with E-state index >= 15 is 0 Å². The highest BCUT2D eigenvalue weighted by Gasteiger charge is 2.34. The van der Waals surface area contributed by atoms with E-state index in [0.29, 0.717) is 52.8 Å². The molecule has 0 saturated carbocycles. The molecule has 1 N–H and O–H groups in total. The Morgan fingerprint density at radius 3 is 2.64 bits per heavy atom. The molecule has 0 radical (unpaired) electrons. The van der Waals surface area contributed by atoms with Gasteiger partial charge in [0.25, 0.3) is 0 Å². The van der Waals surface area contributed by atoms with Gasteiger partial charge in [0.15, 0.2) is 23.2 Å². The lowest BCUT2D eigenvalue weighted by Gasteiger charge is -2.20. The van der Waals surface area contributed by atoms with Crippen molar-refractivity contribution in [3.63, 3.8) is 0 Å². The summed E-state index contributed by atoms with van der Waals surface area (Å²) in [5, 5.41) is 4.26. The molecule has 0 spiro atoms. The Morgan fingerprint density at radius 1 is 1.17 bits per heavy atom. The van der Waals surface area contributed by atoms with Crippen molar-refractivity contribution in [3.05, 3.63) is 65.4 Å². The second-order valence-corrected chi connectivity index (χ2v) is 8.28. The number of aryl methyl sites for hydroxylation is 1. The lowest BCUT2D eigenvalue weighted by molar-refractivity contribution is -0.275. The van der Waals surface area contributed by atoms with Gasteiger partial charge in [-0.1, -0.05) is 12.1 Å². The van der Waals surface area contributed by atoms with Crippen LogP contribution < -0.4 is 14.9 Å². The lowest BCUT2D eigenvalue weighted by Crippen LogP contribution is -2.19. The van der Waals surface area contributed by atoms with Crippen LogP contribution in [0.25, 0.3) is 11.3 Å². The monoisotopic (exact) mass is 527 g/mol. The quantitative estimate of drug-likeness (QED) is 0.255. The molecule has 12 heteroatoms.